The number of hydrogen-bond donors (Lipinski definition) is 2. The fourth-order valence-corrected chi connectivity index (χ4v) is 3.14. The Balaban J connectivity index is 0.00000288. The lowest BCUT2D eigenvalue weighted by molar-refractivity contribution is -0.131. The number of halogens is 1. The monoisotopic (exact) mass is 353 g/mol. The molecule has 1 fully saturated rings. The van der Waals surface area contributed by atoms with Crippen molar-refractivity contribution in [1.82, 2.24) is 10.2 Å². The van der Waals surface area contributed by atoms with Crippen molar-refractivity contribution < 1.29 is 9.59 Å². The summed E-state index contributed by atoms with van der Waals surface area (Å²) in [7, 11) is 3.43. The molecule has 2 unspecified atom stereocenters. The van der Waals surface area contributed by atoms with Crippen molar-refractivity contribution in [2.45, 2.75) is 44.7 Å². The summed E-state index contributed by atoms with van der Waals surface area (Å²) in [6.07, 6.45) is 4.98. The molecule has 1 aliphatic rings. The van der Waals surface area contributed by atoms with Gasteiger partial charge in [-0.2, -0.15) is 0 Å². The number of hydrogen-bond acceptors (Lipinski definition) is 3. The molecule has 0 saturated heterocycles. The third-order valence-electron chi connectivity index (χ3n) is 4.69. The Bertz CT molecular complexity index is 548. The lowest BCUT2D eigenvalue weighted by atomic mass is 9.83. The van der Waals surface area contributed by atoms with Crippen LogP contribution in [0.4, 0.5) is 0 Å². The minimum atomic E-state index is -0.104. The Hall–Kier alpha value is -1.59. The third-order valence-corrected chi connectivity index (χ3v) is 4.69. The van der Waals surface area contributed by atoms with Crippen LogP contribution in [0.3, 0.4) is 0 Å². The second-order valence-electron chi connectivity index (χ2n) is 6.44. The van der Waals surface area contributed by atoms with Crippen LogP contribution < -0.4 is 11.1 Å². The number of rotatable bonds is 5. The number of nitrogens with one attached hydrogen (secondary N) is 1. The average molecular weight is 354 g/mol. The smallest absolute Gasteiger partial charge is 0.251 e. The average Bonchev–Trinajstić information content (AvgIpc) is 2.56. The molecule has 1 aromatic rings. The normalized spacial score (nSPS) is 20.0. The topological polar surface area (TPSA) is 75.4 Å². The van der Waals surface area contributed by atoms with Gasteiger partial charge in [0, 0.05) is 38.7 Å². The highest BCUT2D eigenvalue weighted by atomic mass is 35.5. The number of carbonyl (C=O) groups excluding carboxylic acids is 2. The van der Waals surface area contributed by atoms with Crippen LogP contribution in [0.2, 0.25) is 0 Å². The van der Waals surface area contributed by atoms with Crippen LogP contribution in [0.15, 0.2) is 24.3 Å². The van der Waals surface area contributed by atoms with Gasteiger partial charge in [-0.25, -0.2) is 0 Å². The van der Waals surface area contributed by atoms with Gasteiger partial charge in [0.1, 0.15) is 0 Å². The van der Waals surface area contributed by atoms with Gasteiger partial charge in [-0.05, 0) is 36.5 Å². The van der Waals surface area contributed by atoms with Crippen molar-refractivity contribution >= 4 is 24.2 Å². The van der Waals surface area contributed by atoms with Crippen molar-refractivity contribution in [3.63, 3.8) is 0 Å². The maximum atomic E-state index is 12.4. The molecule has 0 bridgehead atoms. The molecule has 1 aliphatic carbocycles. The molecule has 2 amide bonds. The van der Waals surface area contributed by atoms with Gasteiger partial charge in [-0.1, -0.05) is 25.0 Å². The molecular weight excluding hydrogens is 326 g/mol. The predicted octanol–water partition coefficient (Wildman–Crippen LogP) is 2.33. The van der Waals surface area contributed by atoms with Gasteiger partial charge < -0.3 is 16.0 Å². The maximum Gasteiger partial charge on any atom is 0.251 e. The zero-order valence-corrected chi connectivity index (χ0v) is 15.3. The number of benzene rings is 1. The minimum Gasteiger partial charge on any atom is -0.355 e. The SMILES string of the molecule is CNC(=O)c1ccc(CN(C)C(=O)CC2CCCCC2N)cc1.Cl. The van der Waals surface area contributed by atoms with E-state index in [1.165, 1.54) is 12.8 Å². The quantitative estimate of drug-likeness (QED) is 0.853. The summed E-state index contributed by atoms with van der Waals surface area (Å²) in [6.45, 7) is 0.550. The van der Waals surface area contributed by atoms with Crippen LogP contribution in [0.25, 0.3) is 0 Å². The fourth-order valence-electron chi connectivity index (χ4n) is 3.14. The van der Waals surface area contributed by atoms with Gasteiger partial charge in [0.05, 0.1) is 0 Å². The molecule has 1 aromatic carbocycles. The van der Waals surface area contributed by atoms with E-state index in [1.54, 1.807) is 24.1 Å². The van der Waals surface area contributed by atoms with Crippen LogP contribution in [-0.4, -0.2) is 36.9 Å². The fraction of sp³-hybridized carbons (Fsp3) is 0.556. The first-order valence-corrected chi connectivity index (χ1v) is 8.32. The van der Waals surface area contributed by atoms with E-state index in [4.69, 9.17) is 5.73 Å². The molecule has 0 aliphatic heterocycles. The first-order valence-electron chi connectivity index (χ1n) is 8.32. The number of amides is 2. The predicted molar refractivity (Wildman–Crippen MR) is 98.1 cm³/mol. The molecule has 134 valence electrons. The van der Waals surface area contributed by atoms with Crippen LogP contribution in [-0.2, 0) is 11.3 Å². The summed E-state index contributed by atoms with van der Waals surface area (Å²) in [5.74, 6) is 0.351. The summed E-state index contributed by atoms with van der Waals surface area (Å²) in [5, 5.41) is 2.59. The van der Waals surface area contributed by atoms with Crippen LogP contribution in [0.1, 0.15) is 48.0 Å². The first-order chi connectivity index (χ1) is 11.0. The molecule has 3 N–H and O–H groups in total. The Labute approximate surface area is 150 Å². The highest BCUT2D eigenvalue weighted by Crippen LogP contribution is 2.26. The Morgan fingerprint density at radius 3 is 2.42 bits per heavy atom. The standard InChI is InChI=1S/C18H27N3O2.ClH/c1-20-18(23)14-9-7-13(8-10-14)12-21(2)17(22)11-15-5-3-4-6-16(15)19;/h7-10,15-16H,3-6,11-12,19H2,1-2H3,(H,20,23);1H. The van der Waals surface area contributed by atoms with Gasteiger partial charge in [-0.15, -0.1) is 12.4 Å². The van der Waals surface area contributed by atoms with E-state index in [2.05, 4.69) is 5.32 Å². The largest absolute Gasteiger partial charge is 0.355 e. The molecule has 0 aromatic heterocycles. The van der Waals surface area contributed by atoms with E-state index < -0.39 is 0 Å². The number of nitrogens with two attached hydrogens (primary N) is 1. The van der Waals surface area contributed by atoms with Gasteiger partial charge >= 0.3 is 0 Å². The van der Waals surface area contributed by atoms with E-state index in [0.717, 1.165) is 18.4 Å². The van der Waals surface area contributed by atoms with E-state index >= 15 is 0 Å². The highest BCUT2D eigenvalue weighted by molar-refractivity contribution is 5.93. The third kappa shape index (κ3) is 5.49. The first kappa shape index (κ1) is 20.5. The second kappa shape index (κ2) is 9.64. The molecular formula is C18H28ClN3O2. The van der Waals surface area contributed by atoms with Crippen molar-refractivity contribution in [2.24, 2.45) is 11.7 Å². The number of carbonyl (C=O) groups is 2. The van der Waals surface area contributed by atoms with E-state index in [9.17, 15) is 9.59 Å². The summed E-state index contributed by atoms with van der Waals surface area (Å²) in [4.78, 5) is 25.7. The summed E-state index contributed by atoms with van der Waals surface area (Å²) in [5.41, 5.74) is 7.77. The van der Waals surface area contributed by atoms with E-state index in [-0.39, 0.29) is 30.3 Å². The summed E-state index contributed by atoms with van der Waals surface area (Å²) < 4.78 is 0. The lowest BCUT2D eigenvalue weighted by Crippen LogP contribution is -2.37. The Kier molecular flexibility index (Phi) is 8.22. The molecule has 5 nitrogen and oxygen atoms in total. The zero-order valence-electron chi connectivity index (χ0n) is 14.5. The molecule has 0 heterocycles. The van der Waals surface area contributed by atoms with Gasteiger partial charge in [0.25, 0.3) is 5.91 Å². The molecule has 2 atom stereocenters. The van der Waals surface area contributed by atoms with Crippen LogP contribution >= 0.6 is 12.4 Å². The van der Waals surface area contributed by atoms with Gasteiger partial charge in [-0.3, -0.25) is 9.59 Å². The molecule has 1 saturated carbocycles. The second-order valence-corrected chi connectivity index (χ2v) is 6.44. The summed E-state index contributed by atoms with van der Waals surface area (Å²) >= 11 is 0. The van der Waals surface area contributed by atoms with Gasteiger partial charge in [0.2, 0.25) is 5.91 Å². The molecule has 6 heteroatoms. The van der Waals surface area contributed by atoms with Crippen molar-refractivity contribution in [3.8, 4) is 0 Å². The van der Waals surface area contributed by atoms with E-state index in [1.807, 2.05) is 19.2 Å². The molecule has 2 rings (SSSR count). The van der Waals surface area contributed by atoms with E-state index in [0.29, 0.717) is 24.4 Å². The van der Waals surface area contributed by atoms with Crippen molar-refractivity contribution in [2.75, 3.05) is 14.1 Å². The maximum absolute atomic E-state index is 12.4. The molecule has 0 radical (unpaired) electrons. The highest BCUT2D eigenvalue weighted by Gasteiger charge is 2.25. The van der Waals surface area contributed by atoms with Crippen LogP contribution in [0, 0.1) is 5.92 Å². The lowest BCUT2D eigenvalue weighted by Gasteiger charge is -2.29. The minimum absolute atomic E-state index is 0. The molecule has 0 spiro atoms. The van der Waals surface area contributed by atoms with Crippen molar-refractivity contribution in [3.05, 3.63) is 35.4 Å². The van der Waals surface area contributed by atoms with Crippen molar-refractivity contribution in [1.29, 1.82) is 0 Å². The Morgan fingerprint density at radius 1 is 1.21 bits per heavy atom. The molecule has 24 heavy (non-hydrogen) atoms. The summed E-state index contributed by atoms with van der Waals surface area (Å²) in [6, 6.07) is 7.50. The van der Waals surface area contributed by atoms with Crippen LogP contribution in [0.5, 0.6) is 0 Å². The Morgan fingerprint density at radius 2 is 1.83 bits per heavy atom. The zero-order chi connectivity index (χ0) is 16.8. The number of nitrogens with zero attached hydrogens (tertiary/aromatic N) is 1. The van der Waals surface area contributed by atoms with Gasteiger partial charge in [0.15, 0.2) is 0 Å².